The largest absolute Gasteiger partial charge is 0.340 e. The number of rotatable bonds is 2. The molecule has 2 rings (SSSR count). The molecular weight excluding hydrogens is 212 g/mol. The van der Waals surface area contributed by atoms with Gasteiger partial charge in [-0.1, -0.05) is 13.3 Å². The maximum atomic E-state index is 12.4. The average molecular weight is 238 g/mol. The predicted molar refractivity (Wildman–Crippen MR) is 69.5 cm³/mol. The summed E-state index contributed by atoms with van der Waals surface area (Å²) in [5, 5.41) is 0. The summed E-state index contributed by atoms with van der Waals surface area (Å²) in [6.45, 7) is 5.24. The molecule has 0 aromatic heterocycles. The monoisotopic (exact) mass is 238 g/mol. The molecule has 4 atom stereocenters. The van der Waals surface area contributed by atoms with E-state index in [2.05, 4.69) is 18.7 Å². The lowest BCUT2D eigenvalue weighted by Crippen LogP contribution is -2.42. The van der Waals surface area contributed by atoms with Gasteiger partial charge in [0.1, 0.15) is 0 Å². The normalized spacial score (nSPS) is 35.9. The number of carbonyl (C=O) groups is 1. The van der Waals surface area contributed by atoms with Crippen molar-refractivity contribution in [2.45, 2.75) is 64.5 Å². The Hall–Kier alpha value is -0.570. The molecule has 4 unspecified atom stereocenters. The van der Waals surface area contributed by atoms with Gasteiger partial charge in [0.15, 0.2) is 0 Å². The van der Waals surface area contributed by atoms with Crippen LogP contribution in [0.3, 0.4) is 0 Å². The number of likely N-dealkylation sites (tertiary alicyclic amines) is 1. The first kappa shape index (κ1) is 12.9. The predicted octanol–water partition coefficient (Wildman–Crippen LogP) is 2.15. The lowest BCUT2D eigenvalue weighted by atomic mass is 9.78. The summed E-state index contributed by atoms with van der Waals surface area (Å²) in [4.78, 5) is 14.5. The lowest BCUT2D eigenvalue weighted by molar-refractivity contribution is -0.137. The molecule has 2 aliphatic rings. The van der Waals surface area contributed by atoms with Crippen LogP contribution >= 0.6 is 0 Å². The van der Waals surface area contributed by atoms with Crippen molar-refractivity contribution < 1.29 is 4.79 Å². The summed E-state index contributed by atoms with van der Waals surface area (Å²) in [5.74, 6) is 1.05. The van der Waals surface area contributed by atoms with Gasteiger partial charge in [-0.2, -0.15) is 0 Å². The van der Waals surface area contributed by atoms with Gasteiger partial charge in [0.25, 0.3) is 0 Å². The number of hydrogen-bond acceptors (Lipinski definition) is 2. The molecule has 1 heterocycles. The van der Waals surface area contributed by atoms with Crippen molar-refractivity contribution in [1.29, 1.82) is 0 Å². The highest BCUT2D eigenvalue weighted by atomic mass is 16.2. The van der Waals surface area contributed by atoms with Crippen LogP contribution in [-0.2, 0) is 4.79 Å². The first-order valence-corrected chi connectivity index (χ1v) is 7.15. The van der Waals surface area contributed by atoms with Crippen LogP contribution in [0, 0.1) is 11.8 Å². The molecule has 0 aromatic rings. The lowest BCUT2D eigenvalue weighted by Gasteiger charge is -2.33. The molecule has 0 radical (unpaired) electrons. The summed E-state index contributed by atoms with van der Waals surface area (Å²) in [5.41, 5.74) is 6.02. The fourth-order valence-electron chi connectivity index (χ4n) is 3.44. The van der Waals surface area contributed by atoms with Crippen molar-refractivity contribution in [3.05, 3.63) is 0 Å². The van der Waals surface area contributed by atoms with E-state index in [0.717, 1.165) is 19.4 Å². The van der Waals surface area contributed by atoms with Crippen LogP contribution in [0.1, 0.15) is 52.4 Å². The number of nitrogens with zero attached hydrogens (tertiary/aromatic N) is 1. The van der Waals surface area contributed by atoms with E-state index >= 15 is 0 Å². The summed E-state index contributed by atoms with van der Waals surface area (Å²) in [6.07, 6.45) is 6.89. The number of nitrogens with two attached hydrogens (primary N) is 1. The van der Waals surface area contributed by atoms with Gasteiger partial charge in [-0.05, 0) is 44.9 Å². The van der Waals surface area contributed by atoms with E-state index in [9.17, 15) is 4.79 Å². The molecule has 0 bridgehead atoms. The van der Waals surface area contributed by atoms with Crippen molar-refractivity contribution >= 4 is 5.91 Å². The summed E-state index contributed by atoms with van der Waals surface area (Å²) in [7, 11) is 0. The van der Waals surface area contributed by atoms with Crippen LogP contribution in [0.5, 0.6) is 0 Å². The maximum absolute atomic E-state index is 12.4. The molecule has 98 valence electrons. The first-order chi connectivity index (χ1) is 8.09. The molecule has 1 aliphatic carbocycles. The molecule has 3 nitrogen and oxygen atoms in total. The molecular formula is C14H26N2O. The Bertz CT molecular complexity index is 279. The minimum Gasteiger partial charge on any atom is -0.340 e. The Kier molecular flexibility index (Phi) is 4.08. The zero-order valence-electron chi connectivity index (χ0n) is 11.2. The van der Waals surface area contributed by atoms with Gasteiger partial charge in [0, 0.05) is 24.5 Å². The number of amides is 1. The Balaban J connectivity index is 1.94. The highest BCUT2D eigenvalue weighted by Gasteiger charge is 2.34. The van der Waals surface area contributed by atoms with E-state index in [0.29, 0.717) is 23.9 Å². The third-order valence-corrected chi connectivity index (χ3v) is 4.69. The fraction of sp³-hybridized carbons (Fsp3) is 0.929. The van der Waals surface area contributed by atoms with Crippen LogP contribution in [0.15, 0.2) is 0 Å². The number of carbonyl (C=O) groups excluding carboxylic acids is 1. The third-order valence-electron chi connectivity index (χ3n) is 4.69. The summed E-state index contributed by atoms with van der Waals surface area (Å²) >= 11 is 0. The SMILES string of the molecule is CC(C(=O)N1CCCC1C)C1CCCC(N)C1. The van der Waals surface area contributed by atoms with E-state index in [-0.39, 0.29) is 5.92 Å². The van der Waals surface area contributed by atoms with Gasteiger partial charge in [-0.3, -0.25) is 4.79 Å². The topological polar surface area (TPSA) is 46.3 Å². The van der Waals surface area contributed by atoms with Crippen LogP contribution in [0.4, 0.5) is 0 Å². The van der Waals surface area contributed by atoms with E-state index in [1.165, 1.54) is 25.7 Å². The molecule has 0 aromatic carbocycles. The van der Waals surface area contributed by atoms with Gasteiger partial charge in [-0.25, -0.2) is 0 Å². The molecule has 17 heavy (non-hydrogen) atoms. The summed E-state index contributed by atoms with van der Waals surface area (Å²) < 4.78 is 0. The minimum atomic E-state index is 0.168. The van der Waals surface area contributed by atoms with Crippen molar-refractivity contribution in [2.24, 2.45) is 17.6 Å². The highest BCUT2D eigenvalue weighted by molar-refractivity contribution is 5.79. The molecule has 1 saturated heterocycles. The molecule has 1 aliphatic heterocycles. The van der Waals surface area contributed by atoms with Crippen molar-refractivity contribution in [3.63, 3.8) is 0 Å². The molecule has 3 heteroatoms. The van der Waals surface area contributed by atoms with Crippen molar-refractivity contribution in [3.8, 4) is 0 Å². The Morgan fingerprint density at radius 2 is 2.06 bits per heavy atom. The molecule has 1 saturated carbocycles. The molecule has 2 N–H and O–H groups in total. The highest BCUT2D eigenvalue weighted by Crippen LogP contribution is 2.31. The second kappa shape index (κ2) is 5.38. The van der Waals surface area contributed by atoms with Gasteiger partial charge in [-0.15, -0.1) is 0 Å². The number of hydrogen-bond donors (Lipinski definition) is 1. The molecule has 0 spiro atoms. The zero-order chi connectivity index (χ0) is 12.4. The third kappa shape index (κ3) is 2.82. The van der Waals surface area contributed by atoms with Gasteiger partial charge >= 0.3 is 0 Å². The van der Waals surface area contributed by atoms with Crippen LogP contribution in [-0.4, -0.2) is 29.4 Å². The molecule has 1 amide bonds. The quantitative estimate of drug-likeness (QED) is 0.801. The Morgan fingerprint density at radius 1 is 1.29 bits per heavy atom. The van der Waals surface area contributed by atoms with Crippen LogP contribution in [0.2, 0.25) is 0 Å². The second-order valence-electron chi connectivity index (χ2n) is 6.00. The fourth-order valence-corrected chi connectivity index (χ4v) is 3.44. The minimum absolute atomic E-state index is 0.168. The van der Waals surface area contributed by atoms with Gasteiger partial charge in [0.2, 0.25) is 5.91 Å². The van der Waals surface area contributed by atoms with E-state index < -0.39 is 0 Å². The second-order valence-corrected chi connectivity index (χ2v) is 6.00. The zero-order valence-corrected chi connectivity index (χ0v) is 11.2. The Morgan fingerprint density at radius 3 is 2.65 bits per heavy atom. The first-order valence-electron chi connectivity index (χ1n) is 7.15. The van der Waals surface area contributed by atoms with Gasteiger partial charge in [0.05, 0.1) is 0 Å². The van der Waals surface area contributed by atoms with E-state index in [4.69, 9.17) is 5.73 Å². The summed E-state index contributed by atoms with van der Waals surface area (Å²) in [6, 6.07) is 0.766. The van der Waals surface area contributed by atoms with Crippen molar-refractivity contribution in [2.75, 3.05) is 6.54 Å². The maximum Gasteiger partial charge on any atom is 0.225 e. The van der Waals surface area contributed by atoms with E-state index in [1.54, 1.807) is 0 Å². The Labute approximate surface area is 105 Å². The molecule has 2 fully saturated rings. The van der Waals surface area contributed by atoms with Crippen LogP contribution < -0.4 is 5.73 Å². The average Bonchev–Trinajstić information content (AvgIpc) is 2.73. The van der Waals surface area contributed by atoms with Crippen LogP contribution in [0.25, 0.3) is 0 Å². The van der Waals surface area contributed by atoms with Gasteiger partial charge < -0.3 is 10.6 Å². The standard InChI is InChI=1S/C14H26N2O/c1-10-5-4-8-16(10)14(17)11(2)12-6-3-7-13(15)9-12/h10-13H,3-9,15H2,1-2H3. The smallest absolute Gasteiger partial charge is 0.225 e. The van der Waals surface area contributed by atoms with Crippen molar-refractivity contribution in [1.82, 2.24) is 4.90 Å². The van der Waals surface area contributed by atoms with E-state index in [1.807, 2.05) is 0 Å².